The minimum atomic E-state index is -1.26. The van der Waals surface area contributed by atoms with Crippen LogP contribution in [0.1, 0.15) is 12.0 Å². The summed E-state index contributed by atoms with van der Waals surface area (Å²) in [7, 11) is 0. The largest absolute Gasteiger partial charge is 0.478 e. The van der Waals surface area contributed by atoms with E-state index >= 15 is 0 Å². The molecule has 3 aromatic rings. The van der Waals surface area contributed by atoms with Crippen LogP contribution >= 0.6 is 0 Å². The number of hydrogen-bond acceptors (Lipinski definition) is 5. The lowest BCUT2D eigenvalue weighted by atomic mass is 10.1. The number of nitrogens with two attached hydrogens (primary N) is 1. The first-order valence-corrected chi connectivity index (χ1v) is 8.37. The molecule has 2 aromatic carbocycles. The van der Waals surface area contributed by atoms with Crippen molar-refractivity contribution < 1.29 is 24.2 Å². The molecule has 144 valence electrons. The number of fused-ring (bicyclic) bond motifs is 1. The van der Waals surface area contributed by atoms with Gasteiger partial charge in [-0.3, -0.25) is 0 Å². The number of allylic oxidation sites excluding steroid dienone is 1. The molecule has 0 radical (unpaired) electrons. The number of para-hydroxylation sites is 2. The van der Waals surface area contributed by atoms with Gasteiger partial charge in [0, 0.05) is 23.8 Å². The van der Waals surface area contributed by atoms with Gasteiger partial charge in [-0.1, -0.05) is 36.4 Å². The maximum Gasteiger partial charge on any atom is 0.332 e. The van der Waals surface area contributed by atoms with E-state index in [1.54, 1.807) is 0 Å². The minimum absolute atomic E-state index is 0.0572. The van der Waals surface area contributed by atoms with Gasteiger partial charge in [-0.15, -0.1) is 6.58 Å². The zero-order valence-corrected chi connectivity index (χ0v) is 15.0. The topological polar surface area (TPSA) is 127 Å². The highest BCUT2D eigenvalue weighted by atomic mass is 16.4. The van der Waals surface area contributed by atoms with E-state index in [0.717, 1.165) is 22.2 Å². The molecule has 0 aliphatic rings. The second kappa shape index (κ2) is 9.84. The van der Waals surface area contributed by atoms with Gasteiger partial charge in [-0.25, -0.2) is 14.6 Å². The predicted molar refractivity (Wildman–Crippen MR) is 106 cm³/mol. The molecule has 0 fully saturated rings. The summed E-state index contributed by atoms with van der Waals surface area (Å²) in [5, 5.41) is 16.6. The van der Waals surface area contributed by atoms with Gasteiger partial charge in [-0.05, 0) is 30.2 Å². The molecule has 0 amide bonds. The third-order valence-electron chi connectivity index (χ3n) is 3.70. The summed E-state index contributed by atoms with van der Waals surface area (Å²) < 4.78 is 5.73. The van der Waals surface area contributed by atoms with E-state index < -0.39 is 11.9 Å². The Labute approximate surface area is 161 Å². The highest BCUT2D eigenvalue weighted by Gasteiger charge is 2.10. The van der Waals surface area contributed by atoms with Crippen LogP contribution < -0.4 is 5.73 Å². The molecule has 0 saturated carbocycles. The SMILES string of the molecule is C=CC/C(=C\C(=O)O)C(=O)O.NCc1ccccc1-c1nc2ccccc2o1. The molecule has 1 aromatic heterocycles. The molecule has 3 rings (SSSR count). The highest BCUT2D eigenvalue weighted by molar-refractivity contribution is 5.94. The van der Waals surface area contributed by atoms with Crippen molar-refractivity contribution in [1.82, 2.24) is 4.98 Å². The summed E-state index contributed by atoms with van der Waals surface area (Å²) in [6, 6.07) is 15.6. The number of aromatic nitrogens is 1. The molecule has 28 heavy (non-hydrogen) atoms. The lowest BCUT2D eigenvalue weighted by Crippen LogP contribution is -2.02. The Balaban J connectivity index is 0.000000224. The summed E-state index contributed by atoms with van der Waals surface area (Å²) >= 11 is 0. The van der Waals surface area contributed by atoms with Crippen molar-refractivity contribution in [2.24, 2.45) is 5.73 Å². The molecular weight excluding hydrogens is 360 g/mol. The Kier molecular flexibility index (Phi) is 7.24. The maximum absolute atomic E-state index is 10.2. The molecule has 0 spiro atoms. The normalized spacial score (nSPS) is 10.8. The monoisotopic (exact) mass is 380 g/mol. The van der Waals surface area contributed by atoms with E-state index in [0.29, 0.717) is 18.5 Å². The number of carboxylic acids is 2. The first-order chi connectivity index (χ1) is 13.5. The summed E-state index contributed by atoms with van der Waals surface area (Å²) in [6.07, 6.45) is 2.05. The number of benzene rings is 2. The van der Waals surface area contributed by atoms with E-state index in [4.69, 9.17) is 20.4 Å². The zero-order chi connectivity index (χ0) is 20.5. The first kappa shape index (κ1) is 20.6. The Bertz CT molecular complexity index is 987. The van der Waals surface area contributed by atoms with Crippen molar-refractivity contribution in [3.8, 4) is 11.5 Å². The molecule has 0 aliphatic heterocycles. The van der Waals surface area contributed by atoms with Gasteiger partial charge >= 0.3 is 11.9 Å². The van der Waals surface area contributed by atoms with E-state index in [1.165, 1.54) is 6.08 Å². The summed E-state index contributed by atoms with van der Waals surface area (Å²) in [4.78, 5) is 24.7. The van der Waals surface area contributed by atoms with Gasteiger partial charge < -0.3 is 20.4 Å². The fraction of sp³-hybridized carbons (Fsp3) is 0.0952. The van der Waals surface area contributed by atoms with Crippen LogP contribution in [-0.2, 0) is 16.1 Å². The van der Waals surface area contributed by atoms with Gasteiger partial charge in [0.25, 0.3) is 0 Å². The van der Waals surface area contributed by atoms with Crippen LogP contribution in [0.15, 0.2) is 77.3 Å². The zero-order valence-electron chi connectivity index (χ0n) is 15.0. The molecule has 0 atom stereocenters. The van der Waals surface area contributed by atoms with Crippen LogP contribution in [0, 0.1) is 0 Å². The molecular formula is C21H20N2O5. The Morgan fingerprint density at radius 3 is 2.39 bits per heavy atom. The minimum Gasteiger partial charge on any atom is -0.478 e. The van der Waals surface area contributed by atoms with Crippen LogP contribution in [0.25, 0.3) is 22.6 Å². The van der Waals surface area contributed by atoms with Gasteiger partial charge in [0.15, 0.2) is 5.58 Å². The molecule has 0 saturated heterocycles. The Morgan fingerprint density at radius 1 is 1.11 bits per heavy atom. The number of carboxylic acid groups (broad SMARTS) is 2. The summed E-state index contributed by atoms with van der Waals surface area (Å²) in [5.74, 6) is -1.86. The third kappa shape index (κ3) is 5.39. The van der Waals surface area contributed by atoms with E-state index in [1.807, 2.05) is 48.5 Å². The quantitative estimate of drug-likeness (QED) is 0.440. The predicted octanol–water partition coefficient (Wildman–Crippen LogP) is 3.61. The maximum atomic E-state index is 10.2. The lowest BCUT2D eigenvalue weighted by molar-refractivity contribution is -0.135. The van der Waals surface area contributed by atoms with Crippen molar-refractivity contribution in [1.29, 1.82) is 0 Å². The lowest BCUT2D eigenvalue weighted by Gasteiger charge is -2.02. The Hall–Kier alpha value is -3.71. The third-order valence-corrected chi connectivity index (χ3v) is 3.70. The number of carbonyl (C=O) groups is 2. The van der Waals surface area contributed by atoms with Crippen molar-refractivity contribution in [3.05, 3.63) is 78.4 Å². The average molecular weight is 380 g/mol. The molecule has 4 N–H and O–H groups in total. The molecule has 0 unspecified atom stereocenters. The van der Waals surface area contributed by atoms with Gasteiger partial charge in [0.05, 0.1) is 0 Å². The fourth-order valence-electron chi connectivity index (χ4n) is 2.41. The number of aliphatic carboxylic acids is 2. The van der Waals surface area contributed by atoms with E-state index in [-0.39, 0.29) is 12.0 Å². The second-order valence-electron chi connectivity index (χ2n) is 5.65. The van der Waals surface area contributed by atoms with Gasteiger partial charge in [-0.2, -0.15) is 0 Å². The Morgan fingerprint density at radius 2 is 1.79 bits per heavy atom. The molecule has 1 heterocycles. The summed E-state index contributed by atoms with van der Waals surface area (Å²) in [5.41, 5.74) is 9.21. The smallest absolute Gasteiger partial charge is 0.332 e. The number of nitrogens with zero attached hydrogens (tertiary/aromatic N) is 1. The van der Waals surface area contributed by atoms with Crippen molar-refractivity contribution in [2.45, 2.75) is 13.0 Å². The molecule has 7 nitrogen and oxygen atoms in total. The van der Waals surface area contributed by atoms with Crippen LogP contribution in [0.4, 0.5) is 0 Å². The van der Waals surface area contributed by atoms with Crippen LogP contribution in [0.3, 0.4) is 0 Å². The number of rotatable bonds is 6. The van der Waals surface area contributed by atoms with Gasteiger partial charge in [0.1, 0.15) is 5.52 Å². The molecule has 0 aliphatic carbocycles. The fourth-order valence-corrected chi connectivity index (χ4v) is 2.41. The van der Waals surface area contributed by atoms with Crippen molar-refractivity contribution >= 4 is 23.0 Å². The standard InChI is InChI=1S/C14H12N2O.C7H8O4/c15-9-10-5-1-2-6-11(10)14-16-12-7-3-4-8-13(12)17-14;1-2-3-5(7(10)11)4-6(8)9/h1-8H,9,15H2;2,4H,1,3H2,(H,8,9)(H,10,11)/b;5-4+. The molecule has 0 bridgehead atoms. The van der Waals surface area contributed by atoms with Crippen LogP contribution in [-0.4, -0.2) is 27.1 Å². The average Bonchev–Trinajstić information content (AvgIpc) is 3.12. The van der Waals surface area contributed by atoms with Crippen LogP contribution in [0.2, 0.25) is 0 Å². The van der Waals surface area contributed by atoms with Gasteiger partial charge in [0.2, 0.25) is 5.89 Å². The summed E-state index contributed by atoms with van der Waals surface area (Å²) in [6.45, 7) is 3.77. The molecule has 7 heteroatoms. The highest BCUT2D eigenvalue weighted by Crippen LogP contribution is 2.26. The van der Waals surface area contributed by atoms with E-state index in [2.05, 4.69) is 11.6 Å². The van der Waals surface area contributed by atoms with Crippen LogP contribution in [0.5, 0.6) is 0 Å². The first-order valence-electron chi connectivity index (χ1n) is 8.37. The number of oxazole rings is 1. The van der Waals surface area contributed by atoms with Crippen molar-refractivity contribution in [2.75, 3.05) is 0 Å². The second-order valence-corrected chi connectivity index (χ2v) is 5.65. The number of hydrogen-bond donors (Lipinski definition) is 3. The van der Waals surface area contributed by atoms with E-state index in [9.17, 15) is 9.59 Å². The van der Waals surface area contributed by atoms with Crippen molar-refractivity contribution in [3.63, 3.8) is 0 Å².